The Labute approximate surface area is 141 Å². The molecule has 0 bridgehead atoms. The molecular formula is C13H11BrCl2N2O2S. The highest BCUT2D eigenvalue weighted by Gasteiger charge is 2.24. The maximum Gasteiger partial charge on any atom is 0.264 e. The van der Waals surface area contributed by atoms with Crippen LogP contribution in [0.25, 0.3) is 0 Å². The molecule has 0 aliphatic rings. The van der Waals surface area contributed by atoms with E-state index in [1.54, 1.807) is 38.1 Å². The Morgan fingerprint density at radius 3 is 2.52 bits per heavy atom. The van der Waals surface area contributed by atoms with E-state index in [0.717, 1.165) is 0 Å². The predicted octanol–water partition coefficient (Wildman–Crippen LogP) is 4.57. The molecule has 0 fully saturated rings. The Morgan fingerprint density at radius 2 is 1.90 bits per heavy atom. The number of rotatable bonds is 3. The average molecular weight is 410 g/mol. The lowest BCUT2D eigenvalue weighted by Crippen LogP contribution is -2.16. The number of hydrogen-bond donors (Lipinski definition) is 1. The summed E-state index contributed by atoms with van der Waals surface area (Å²) in [7, 11) is -3.89. The highest BCUT2D eigenvalue weighted by Crippen LogP contribution is 2.34. The smallest absolute Gasteiger partial charge is 0.263 e. The van der Waals surface area contributed by atoms with Gasteiger partial charge in [0, 0.05) is 5.02 Å². The summed E-state index contributed by atoms with van der Waals surface area (Å²) in [6.45, 7) is 3.31. The molecule has 1 heterocycles. The molecule has 112 valence electrons. The first kappa shape index (κ1) is 16.5. The molecule has 8 heteroatoms. The number of halogens is 3. The summed E-state index contributed by atoms with van der Waals surface area (Å²) in [4.78, 5) is 4.01. The van der Waals surface area contributed by atoms with Crippen molar-refractivity contribution in [3.8, 4) is 0 Å². The fourth-order valence-electron chi connectivity index (χ4n) is 1.79. The van der Waals surface area contributed by atoms with Gasteiger partial charge in [-0.25, -0.2) is 13.4 Å². The summed E-state index contributed by atoms with van der Waals surface area (Å²) in [5.74, 6) is 0.192. The van der Waals surface area contributed by atoms with Crippen molar-refractivity contribution in [2.24, 2.45) is 0 Å². The van der Waals surface area contributed by atoms with Crippen molar-refractivity contribution in [1.29, 1.82) is 0 Å². The lowest BCUT2D eigenvalue weighted by Gasteiger charge is -2.14. The van der Waals surface area contributed by atoms with Crippen molar-refractivity contribution in [3.63, 3.8) is 0 Å². The van der Waals surface area contributed by atoms with Gasteiger partial charge in [0.05, 0.1) is 5.02 Å². The first-order chi connectivity index (χ1) is 9.72. The zero-order chi connectivity index (χ0) is 15.8. The van der Waals surface area contributed by atoms with Crippen LogP contribution in [0.2, 0.25) is 10.0 Å². The number of sulfonamides is 1. The van der Waals surface area contributed by atoms with E-state index in [1.165, 1.54) is 0 Å². The molecule has 4 nitrogen and oxygen atoms in total. The second-order valence-electron chi connectivity index (χ2n) is 4.39. The average Bonchev–Trinajstić information content (AvgIpc) is 2.35. The summed E-state index contributed by atoms with van der Waals surface area (Å²) >= 11 is 15.4. The van der Waals surface area contributed by atoms with Crippen molar-refractivity contribution < 1.29 is 8.42 Å². The van der Waals surface area contributed by atoms with E-state index >= 15 is 0 Å². The van der Waals surface area contributed by atoms with E-state index in [1.807, 2.05) is 0 Å². The molecule has 0 saturated carbocycles. The predicted molar refractivity (Wildman–Crippen MR) is 88.7 cm³/mol. The van der Waals surface area contributed by atoms with Crippen molar-refractivity contribution in [1.82, 2.24) is 4.98 Å². The van der Waals surface area contributed by atoms with Gasteiger partial charge in [-0.1, -0.05) is 29.3 Å². The summed E-state index contributed by atoms with van der Waals surface area (Å²) in [6, 6.07) is 6.55. The second kappa shape index (κ2) is 6.12. The molecule has 0 aliphatic heterocycles. The summed E-state index contributed by atoms with van der Waals surface area (Å²) < 4.78 is 28.0. The quantitative estimate of drug-likeness (QED) is 0.755. The molecule has 0 saturated heterocycles. The van der Waals surface area contributed by atoms with E-state index < -0.39 is 10.0 Å². The number of nitrogens with one attached hydrogen (secondary N) is 1. The fraction of sp³-hybridized carbons (Fsp3) is 0.154. The lowest BCUT2D eigenvalue weighted by atomic mass is 10.2. The van der Waals surface area contributed by atoms with Gasteiger partial charge in [-0.05, 0) is 59.1 Å². The Bertz CT molecular complexity index is 784. The molecule has 1 N–H and O–H groups in total. The summed E-state index contributed by atoms with van der Waals surface area (Å²) in [5, 5.41) is 0.499. The number of aryl methyl sites for hydroxylation is 1. The summed E-state index contributed by atoms with van der Waals surface area (Å²) in [5.41, 5.74) is 0.990. The van der Waals surface area contributed by atoms with Crippen molar-refractivity contribution >= 4 is 55.0 Å². The fourth-order valence-corrected chi connectivity index (χ4v) is 4.35. The molecule has 1 aromatic carbocycles. The number of aromatic nitrogens is 1. The Kier molecular flexibility index (Phi) is 4.82. The number of nitrogens with zero attached hydrogens (tertiary/aromatic N) is 1. The Morgan fingerprint density at radius 1 is 1.24 bits per heavy atom. The van der Waals surface area contributed by atoms with E-state index in [4.69, 9.17) is 23.2 Å². The molecule has 0 amide bonds. The van der Waals surface area contributed by atoms with Crippen molar-refractivity contribution in [2.75, 3.05) is 4.72 Å². The third-order valence-electron chi connectivity index (χ3n) is 2.81. The van der Waals surface area contributed by atoms with Crippen LogP contribution in [0.5, 0.6) is 0 Å². The van der Waals surface area contributed by atoms with Crippen LogP contribution < -0.4 is 4.72 Å². The first-order valence-corrected chi connectivity index (χ1v) is 8.86. The maximum absolute atomic E-state index is 12.5. The van der Waals surface area contributed by atoms with Gasteiger partial charge < -0.3 is 0 Å². The van der Waals surface area contributed by atoms with Gasteiger partial charge in [-0.2, -0.15) is 0 Å². The van der Waals surface area contributed by atoms with E-state index in [-0.39, 0.29) is 15.7 Å². The molecular weight excluding hydrogens is 399 g/mol. The van der Waals surface area contributed by atoms with Gasteiger partial charge in [-0.3, -0.25) is 4.72 Å². The maximum atomic E-state index is 12.5. The molecule has 1 aromatic heterocycles. The van der Waals surface area contributed by atoms with Gasteiger partial charge in [0.25, 0.3) is 10.0 Å². The second-order valence-corrected chi connectivity index (χ2v) is 7.61. The molecule has 0 spiro atoms. The molecule has 0 atom stereocenters. The van der Waals surface area contributed by atoms with Gasteiger partial charge in [0.15, 0.2) is 0 Å². The van der Waals surface area contributed by atoms with Crippen LogP contribution in [0.3, 0.4) is 0 Å². The molecule has 0 aliphatic carbocycles. The molecule has 21 heavy (non-hydrogen) atoms. The largest absolute Gasteiger partial charge is 0.264 e. The zero-order valence-electron chi connectivity index (χ0n) is 11.1. The van der Waals surface area contributed by atoms with Gasteiger partial charge in [-0.15, -0.1) is 0 Å². The van der Waals surface area contributed by atoms with E-state index in [2.05, 4.69) is 25.6 Å². The summed E-state index contributed by atoms with van der Waals surface area (Å²) in [6.07, 6.45) is 0. The number of anilines is 1. The van der Waals surface area contributed by atoms with E-state index in [9.17, 15) is 8.42 Å². The third-order valence-corrected chi connectivity index (χ3v) is 5.77. The van der Waals surface area contributed by atoms with Gasteiger partial charge in [0.2, 0.25) is 0 Å². The monoisotopic (exact) mass is 408 g/mol. The molecule has 0 unspecified atom stereocenters. The highest BCUT2D eigenvalue weighted by atomic mass is 79.9. The van der Waals surface area contributed by atoms with Crippen LogP contribution in [-0.4, -0.2) is 13.4 Å². The van der Waals surface area contributed by atoms with Crippen LogP contribution in [0.1, 0.15) is 11.1 Å². The minimum atomic E-state index is -3.89. The number of pyridine rings is 1. The zero-order valence-corrected chi connectivity index (χ0v) is 15.0. The van der Waals surface area contributed by atoms with E-state index in [0.29, 0.717) is 20.8 Å². The number of hydrogen-bond acceptors (Lipinski definition) is 3. The lowest BCUT2D eigenvalue weighted by molar-refractivity contribution is 0.600. The van der Waals surface area contributed by atoms with Crippen molar-refractivity contribution in [3.05, 3.63) is 50.0 Å². The van der Waals surface area contributed by atoms with Crippen LogP contribution >= 0.6 is 39.1 Å². The SMILES string of the molecule is Cc1cc(Cl)c(C)c(S(=O)(=O)Nc2cccc(Br)n2)c1Cl. The number of benzene rings is 1. The highest BCUT2D eigenvalue weighted by molar-refractivity contribution is 9.10. The van der Waals surface area contributed by atoms with Crippen molar-refractivity contribution in [2.45, 2.75) is 18.7 Å². The van der Waals surface area contributed by atoms with Crippen LogP contribution in [0.4, 0.5) is 5.82 Å². The molecule has 2 rings (SSSR count). The van der Waals surface area contributed by atoms with Crippen LogP contribution in [0.15, 0.2) is 33.8 Å². The van der Waals surface area contributed by atoms with Gasteiger partial charge in [0.1, 0.15) is 15.3 Å². The molecule has 2 aromatic rings. The minimum absolute atomic E-state index is 0.0315. The first-order valence-electron chi connectivity index (χ1n) is 5.83. The normalized spacial score (nSPS) is 11.5. The Hall–Kier alpha value is -0.820. The van der Waals surface area contributed by atoms with Gasteiger partial charge >= 0.3 is 0 Å². The van der Waals surface area contributed by atoms with Crippen LogP contribution in [0, 0.1) is 13.8 Å². The Balaban J connectivity index is 2.55. The topological polar surface area (TPSA) is 59.1 Å². The standard InChI is InChI=1S/C13H11BrCl2N2O2S/c1-7-6-9(15)8(2)13(12(7)16)21(19,20)18-11-5-3-4-10(14)17-11/h3-6H,1-2H3,(H,17,18). The molecule has 0 radical (unpaired) electrons. The third kappa shape index (κ3) is 3.51. The van der Waals surface area contributed by atoms with Crippen LogP contribution in [-0.2, 0) is 10.0 Å². The minimum Gasteiger partial charge on any atom is -0.263 e.